The lowest BCUT2D eigenvalue weighted by Gasteiger charge is -2.45. The van der Waals surface area contributed by atoms with Crippen LogP contribution in [-0.2, 0) is 30.4 Å². The molecule has 9 nitrogen and oxygen atoms in total. The second-order valence-electron chi connectivity index (χ2n) is 12.0. The number of nitrogens with one attached hydrogen (secondary N) is 3. The Balaban J connectivity index is 1.34. The fourth-order valence-electron chi connectivity index (χ4n) is 7.01. The van der Waals surface area contributed by atoms with E-state index in [1.165, 1.54) is 35.7 Å². The van der Waals surface area contributed by atoms with Gasteiger partial charge in [-0.1, -0.05) is 26.0 Å². The zero-order valence-electron chi connectivity index (χ0n) is 24.2. The van der Waals surface area contributed by atoms with Crippen molar-refractivity contribution in [3.8, 4) is 0 Å². The molecule has 0 saturated heterocycles. The fourth-order valence-corrected chi connectivity index (χ4v) is 7.01. The molecule has 1 aliphatic heterocycles. The molecule has 3 aromatic rings. The van der Waals surface area contributed by atoms with E-state index >= 15 is 0 Å². The monoisotopic (exact) mass is 553 g/mol. The van der Waals surface area contributed by atoms with Gasteiger partial charge in [-0.15, -0.1) is 6.58 Å². The van der Waals surface area contributed by atoms with E-state index in [1.54, 1.807) is 6.08 Å². The van der Waals surface area contributed by atoms with Gasteiger partial charge in [0.15, 0.2) is 0 Å². The van der Waals surface area contributed by atoms with Gasteiger partial charge in [-0.3, -0.25) is 4.79 Å². The number of rotatable bonds is 8. The number of benzene rings is 1. The summed E-state index contributed by atoms with van der Waals surface area (Å²) in [4.78, 5) is 29.4. The van der Waals surface area contributed by atoms with Crippen LogP contribution in [0.4, 0.5) is 23.3 Å². The Morgan fingerprint density at radius 1 is 1.15 bits per heavy atom. The Hall–Kier alpha value is -3.82. The first-order valence-electron chi connectivity index (χ1n) is 14.6. The smallest absolute Gasteiger partial charge is 0.256 e. The molecule has 0 fully saturated rings. The average molecular weight is 554 g/mol. The summed E-state index contributed by atoms with van der Waals surface area (Å²) in [6.07, 6.45) is 8.65. The van der Waals surface area contributed by atoms with Gasteiger partial charge in [0.05, 0.1) is 5.69 Å². The molecule has 3 heterocycles. The van der Waals surface area contributed by atoms with Gasteiger partial charge in [0.25, 0.3) is 5.91 Å². The average Bonchev–Trinajstić information content (AvgIpc) is 3.27. The van der Waals surface area contributed by atoms with Gasteiger partial charge in [-0.05, 0) is 86.0 Å². The van der Waals surface area contributed by atoms with Gasteiger partial charge in [0.2, 0.25) is 5.95 Å². The lowest BCUT2D eigenvalue weighted by atomic mass is 9.67. The maximum atomic E-state index is 13.0. The van der Waals surface area contributed by atoms with E-state index in [-0.39, 0.29) is 11.3 Å². The van der Waals surface area contributed by atoms with E-state index < -0.39 is 5.60 Å². The Bertz CT molecular complexity index is 1520. The standard InChI is InChI=1S/C32H39N7O2/c1-5-14-33-29(40)24-17-34-30(38-28(24)37-25-10-9-20-11-13-32(41,6-2)27(20)36-25)35-23-15-21-8-7-12-31(3)19-39(4)18-22(16-23)26(21)31/h5,9-10,15-17,41H,1,6-8,11-14,18-19H2,2-4H3,(H,33,40)(H2,34,35,36,37,38)/t31-,32-/m0/s1. The van der Waals surface area contributed by atoms with Crippen LogP contribution in [0.15, 0.2) is 43.1 Å². The summed E-state index contributed by atoms with van der Waals surface area (Å²) in [7, 11) is 2.19. The van der Waals surface area contributed by atoms with Crippen molar-refractivity contribution in [2.45, 2.75) is 69.9 Å². The highest BCUT2D eigenvalue weighted by Crippen LogP contribution is 2.44. The molecule has 2 aliphatic carbocycles. The van der Waals surface area contributed by atoms with Crippen LogP contribution in [0.2, 0.25) is 0 Å². The maximum absolute atomic E-state index is 13.0. The summed E-state index contributed by atoms with van der Waals surface area (Å²) >= 11 is 0. The van der Waals surface area contributed by atoms with E-state index in [1.807, 2.05) is 19.1 Å². The van der Waals surface area contributed by atoms with Crippen LogP contribution in [-0.4, -0.2) is 51.0 Å². The number of fused-ring (bicyclic) bond motifs is 1. The van der Waals surface area contributed by atoms with Crippen molar-refractivity contribution in [1.29, 1.82) is 0 Å². The molecular formula is C32H39N7O2. The number of aromatic nitrogens is 3. The summed E-state index contributed by atoms with van der Waals surface area (Å²) in [6, 6.07) is 8.30. The minimum absolute atomic E-state index is 0.190. The van der Waals surface area contributed by atoms with Crippen LogP contribution in [0.5, 0.6) is 0 Å². The number of amides is 1. The minimum Gasteiger partial charge on any atom is -0.384 e. The number of aliphatic hydroxyl groups is 1. The highest BCUT2D eigenvalue weighted by Gasteiger charge is 2.39. The number of hydrogen-bond donors (Lipinski definition) is 4. The van der Waals surface area contributed by atoms with Gasteiger partial charge in [0, 0.05) is 36.9 Å². The number of pyridine rings is 1. The van der Waals surface area contributed by atoms with E-state index in [0.717, 1.165) is 37.2 Å². The van der Waals surface area contributed by atoms with E-state index in [2.05, 4.69) is 58.5 Å². The maximum Gasteiger partial charge on any atom is 0.256 e. The van der Waals surface area contributed by atoms with Crippen LogP contribution >= 0.6 is 0 Å². The Morgan fingerprint density at radius 2 is 1.98 bits per heavy atom. The molecule has 0 unspecified atom stereocenters. The van der Waals surface area contributed by atoms with Crippen LogP contribution in [0.1, 0.15) is 77.8 Å². The summed E-state index contributed by atoms with van der Waals surface area (Å²) in [5, 5.41) is 20.5. The molecule has 2 atom stereocenters. The second kappa shape index (κ2) is 10.5. The predicted octanol–water partition coefficient (Wildman–Crippen LogP) is 4.86. The van der Waals surface area contributed by atoms with Crippen molar-refractivity contribution >= 4 is 29.2 Å². The first-order chi connectivity index (χ1) is 19.7. The number of nitrogens with zero attached hydrogens (tertiary/aromatic N) is 4. The number of carbonyl (C=O) groups excluding carboxylic acids is 1. The summed E-state index contributed by atoms with van der Waals surface area (Å²) < 4.78 is 0. The molecule has 0 saturated carbocycles. The molecule has 0 spiro atoms. The summed E-state index contributed by atoms with van der Waals surface area (Å²) in [6.45, 7) is 10.4. The molecule has 41 heavy (non-hydrogen) atoms. The molecule has 4 N–H and O–H groups in total. The number of hydrogen-bond acceptors (Lipinski definition) is 8. The predicted molar refractivity (Wildman–Crippen MR) is 161 cm³/mol. The van der Waals surface area contributed by atoms with Crippen LogP contribution in [0.25, 0.3) is 0 Å². The topological polar surface area (TPSA) is 115 Å². The lowest BCUT2D eigenvalue weighted by Crippen LogP contribution is -2.44. The minimum atomic E-state index is -0.938. The molecule has 9 heteroatoms. The molecule has 6 rings (SSSR count). The lowest BCUT2D eigenvalue weighted by molar-refractivity contribution is 0.0307. The molecule has 1 aromatic carbocycles. The van der Waals surface area contributed by atoms with Gasteiger partial charge in [-0.2, -0.15) is 4.98 Å². The van der Waals surface area contributed by atoms with Gasteiger partial charge < -0.3 is 26.0 Å². The Morgan fingerprint density at radius 3 is 2.78 bits per heavy atom. The molecule has 214 valence electrons. The number of aryl methyl sites for hydroxylation is 2. The van der Waals surface area contributed by atoms with E-state index in [4.69, 9.17) is 9.97 Å². The zero-order chi connectivity index (χ0) is 28.8. The van der Waals surface area contributed by atoms with Gasteiger partial charge in [-0.25, -0.2) is 9.97 Å². The number of anilines is 4. The van der Waals surface area contributed by atoms with Crippen LogP contribution < -0.4 is 16.0 Å². The van der Waals surface area contributed by atoms with Crippen LogP contribution in [0, 0.1) is 0 Å². The zero-order valence-corrected chi connectivity index (χ0v) is 24.2. The fraction of sp³-hybridized carbons (Fsp3) is 0.438. The van der Waals surface area contributed by atoms with Gasteiger partial charge in [0.1, 0.15) is 22.8 Å². The third-order valence-corrected chi connectivity index (χ3v) is 8.89. The first-order valence-corrected chi connectivity index (χ1v) is 14.6. The molecule has 0 radical (unpaired) electrons. The normalized spacial score (nSPS) is 22.9. The summed E-state index contributed by atoms with van der Waals surface area (Å²) in [5.74, 6) is 0.918. The molecule has 0 bridgehead atoms. The Kier molecular flexibility index (Phi) is 7.03. The van der Waals surface area contributed by atoms with Crippen molar-refractivity contribution in [3.05, 3.63) is 76.6 Å². The third-order valence-electron chi connectivity index (χ3n) is 8.89. The first kappa shape index (κ1) is 27.4. The second-order valence-corrected chi connectivity index (χ2v) is 12.0. The van der Waals surface area contributed by atoms with Crippen molar-refractivity contribution < 1.29 is 9.90 Å². The molecular weight excluding hydrogens is 514 g/mol. The van der Waals surface area contributed by atoms with Crippen molar-refractivity contribution in [2.24, 2.45) is 0 Å². The molecule has 1 amide bonds. The van der Waals surface area contributed by atoms with E-state index in [9.17, 15) is 9.90 Å². The van der Waals surface area contributed by atoms with Gasteiger partial charge >= 0.3 is 0 Å². The quantitative estimate of drug-likeness (QED) is 0.293. The highest BCUT2D eigenvalue weighted by atomic mass is 16.3. The number of carbonyl (C=O) groups is 1. The van der Waals surface area contributed by atoms with Crippen molar-refractivity contribution in [2.75, 3.05) is 30.8 Å². The van der Waals surface area contributed by atoms with Crippen LogP contribution in [0.3, 0.4) is 0 Å². The summed E-state index contributed by atoms with van der Waals surface area (Å²) in [5.41, 5.74) is 6.49. The largest absolute Gasteiger partial charge is 0.384 e. The third kappa shape index (κ3) is 5.08. The van der Waals surface area contributed by atoms with Crippen molar-refractivity contribution in [3.63, 3.8) is 0 Å². The van der Waals surface area contributed by atoms with Crippen molar-refractivity contribution in [1.82, 2.24) is 25.2 Å². The number of likely N-dealkylation sites (N-methyl/N-ethyl adjacent to an activating group) is 1. The molecule has 2 aromatic heterocycles. The SMILES string of the molecule is C=CCNC(=O)c1cnc(Nc2cc3c4c(c2)CN(C)C[C@]4(C)CCC3)nc1Nc1ccc2c(n1)[C@](O)(CC)CC2. The van der Waals surface area contributed by atoms with E-state index in [0.29, 0.717) is 48.2 Å². The Labute approximate surface area is 241 Å². The highest BCUT2D eigenvalue weighted by molar-refractivity contribution is 5.99. The molecule has 3 aliphatic rings.